The van der Waals surface area contributed by atoms with Crippen molar-refractivity contribution in [1.29, 1.82) is 0 Å². The highest BCUT2D eigenvalue weighted by Crippen LogP contribution is 2.36. The van der Waals surface area contributed by atoms with Gasteiger partial charge in [-0.25, -0.2) is 0 Å². The molecule has 1 aliphatic rings. The zero-order valence-corrected chi connectivity index (χ0v) is 10.1. The van der Waals surface area contributed by atoms with Crippen LogP contribution < -0.4 is 0 Å². The minimum atomic E-state index is 0.483. The number of aldehydes is 1. The van der Waals surface area contributed by atoms with Crippen molar-refractivity contribution in [3.05, 3.63) is 65.2 Å². The van der Waals surface area contributed by atoms with E-state index in [1.807, 2.05) is 12.2 Å². The molecule has 0 fully saturated rings. The van der Waals surface area contributed by atoms with E-state index >= 15 is 0 Å². The molecule has 18 heavy (non-hydrogen) atoms. The first kappa shape index (κ1) is 11.0. The first-order valence-electron chi connectivity index (χ1n) is 6.20. The highest BCUT2D eigenvalue weighted by molar-refractivity contribution is 5.78. The standard InChI is InChI=1S/C17H14O/c18-10-4-3-5-13-8-9-17-15(11-13)12-14-6-1-2-7-16(14)17/h1-3,5-11H,4,12H2. The van der Waals surface area contributed by atoms with E-state index in [1.54, 1.807) is 0 Å². The molecule has 0 heterocycles. The van der Waals surface area contributed by atoms with E-state index in [2.05, 4.69) is 42.5 Å². The lowest BCUT2D eigenvalue weighted by molar-refractivity contribution is -0.107. The van der Waals surface area contributed by atoms with Gasteiger partial charge in [-0.05, 0) is 34.2 Å². The molecular formula is C17H14O. The van der Waals surface area contributed by atoms with Gasteiger partial charge in [0, 0.05) is 6.42 Å². The zero-order chi connectivity index (χ0) is 12.4. The Bertz CT molecular complexity index is 623. The molecular weight excluding hydrogens is 220 g/mol. The minimum Gasteiger partial charge on any atom is -0.303 e. The fourth-order valence-electron chi connectivity index (χ4n) is 2.53. The molecule has 0 saturated carbocycles. The summed E-state index contributed by atoms with van der Waals surface area (Å²) < 4.78 is 0. The average molecular weight is 234 g/mol. The predicted molar refractivity (Wildman–Crippen MR) is 74.4 cm³/mol. The van der Waals surface area contributed by atoms with E-state index in [1.165, 1.54) is 27.8 Å². The van der Waals surface area contributed by atoms with Crippen LogP contribution in [0.4, 0.5) is 0 Å². The van der Waals surface area contributed by atoms with Gasteiger partial charge in [0.15, 0.2) is 0 Å². The van der Waals surface area contributed by atoms with Gasteiger partial charge in [-0.1, -0.05) is 54.6 Å². The molecule has 0 spiro atoms. The SMILES string of the molecule is O=CCC=Cc1ccc2c(c1)Cc1ccccc1-2. The number of allylic oxidation sites excluding steroid dienone is 1. The summed E-state index contributed by atoms with van der Waals surface area (Å²) in [5, 5.41) is 0. The first-order chi connectivity index (χ1) is 8.88. The van der Waals surface area contributed by atoms with E-state index in [4.69, 9.17) is 0 Å². The third kappa shape index (κ3) is 1.88. The summed E-state index contributed by atoms with van der Waals surface area (Å²) in [6, 6.07) is 15.1. The molecule has 2 aromatic carbocycles. The van der Waals surface area contributed by atoms with Gasteiger partial charge in [-0.2, -0.15) is 0 Å². The highest BCUT2D eigenvalue weighted by Gasteiger charge is 2.17. The zero-order valence-electron chi connectivity index (χ0n) is 10.1. The Morgan fingerprint density at radius 2 is 1.83 bits per heavy atom. The quantitative estimate of drug-likeness (QED) is 0.629. The summed E-state index contributed by atoms with van der Waals surface area (Å²) in [6.45, 7) is 0. The second-order valence-electron chi connectivity index (χ2n) is 4.56. The van der Waals surface area contributed by atoms with Crippen molar-refractivity contribution in [3.63, 3.8) is 0 Å². The molecule has 0 aliphatic heterocycles. The Labute approximate surface area is 107 Å². The van der Waals surface area contributed by atoms with E-state index in [9.17, 15) is 4.79 Å². The minimum absolute atomic E-state index is 0.483. The average Bonchev–Trinajstić information content (AvgIpc) is 2.76. The van der Waals surface area contributed by atoms with Crippen LogP contribution in [-0.2, 0) is 11.2 Å². The fraction of sp³-hybridized carbons (Fsp3) is 0.118. The van der Waals surface area contributed by atoms with E-state index in [0.29, 0.717) is 6.42 Å². The smallest absolute Gasteiger partial charge is 0.123 e. The van der Waals surface area contributed by atoms with Gasteiger partial charge in [0.05, 0.1) is 0 Å². The largest absolute Gasteiger partial charge is 0.303 e. The van der Waals surface area contributed by atoms with Gasteiger partial charge in [0.25, 0.3) is 0 Å². The molecule has 88 valence electrons. The van der Waals surface area contributed by atoms with E-state index in [0.717, 1.165) is 12.7 Å². The number of fused-ring (bicyclic) bond motifs is 3. The van der Waals surface area contributed by atoms with Crippen LogP contribution in [-0.4, -0.2) is 6.29 Å². The van der Waals surface area contributed by atoms with Gasteiger partial charge in [-0.15, -0.1) is 0 Å². The number of carbonyl (C=O) groups is 1. The Morgan fingerprint density at radius 1 is 1.00 bits per heavy atom. The highest BCUT2D eigenvalue weighted by atomic mass is 16.1. The van der Waals surface area contributed by atoms with Gasteiger partial charge < -0.3 is 4.79 Å². The topological polar surface area (TPSA) is 17.1 Å². The third-order valence-electron chi connectivity index (χ3n) is 3.36. The van der Waals surface area contributed by atoms with Crippen LogP contribution in [0.1, 0.15) is 23.1 Å². The van der Waals surface area contributed by atoms with Crippen LogP contribution in [0.25, 0.3) is 17.2 Å². The molecule has 0 N–H and O–H groups in total. The monoisotopic (exact) mass is 234 g/mol. The lowest BCUT2D eigenvalue weighted by Crippen LogP contribution is -1.81. The van der Waals surface area contributed by atoms with Gasteiger partial charge in [0.1, 0.15) is 6.29 Å². The molecule has 0 radical (unpaired) electrons. The maximum Gasteiger partial charge on any atom is 0.123 e. The van der Waals surface area contributed by atoms with Crippen LogP contribution in [0.5, 0.6) is 0 Å². The molecule has 1 nitrogen and oxygen atoms in total. The molecule has 1 heteroatoms. The number of hydrogen-bond donors (Lipinski definition) is 0. The second kappa shape index (κ2) is 4.61. The van der Waals surface area contributed by atoms with Crippen LogP contribution in [0.15, 0.2) is 48.5 Å². The van der Waals surface area contributed by atoms with Crippen molar-refractivity contribution in [2.24, 2.45) is 0 Å². The van der Waals surface area contributed by atoms with Gasteiger partial charge in [-0.3, -0.25) is 0 Å². The summed E-state index contributed by atoms with van der Waals surface area (Å²) in [4.78, 5) is 10.3. The first-order valence-corrected chi connectivity index (χ1v) is 6.20. The summed E-state index contributed by atoms with van der Waals surface area (Å²) in [7, 11) is 0. The Balaban J connectivity index is 1.96. The predicted octanol–water partition coefficient (Wildman–Crippen LogP) is 3.86. The maximum absolute atomic E-state index is 10.3. The van der Waals surface area contributed by atoms with Gasteiger partial charge in [0.2, 0.25) is 0 Å². The second-order valence-corrected chi connectivity index (χ2v) is 4.56. The Morgan fingerprint density at radius 3 is 2.72 bits per heavy atom. The lowest BCUT2D eigenvalue weighted by atomic mass is 10.0. The van der Waals surface area contributed by atoms with Crippen LogP contribution in [0.3, 0.4) is 0 Å². The summed E-state index contributed by atoms with van der Waals surface area (Å²) >= 11 is 0. The number of benzene rings is 2. The third-order valence-corrected chi connectivity index (χ3v) is 3.36. The number of rotatable bonds is 3. The lowest BCUT2D eigenvalue weighted by Gasteiger charge is -2.01. The fourth-order valence-corrected chi connectivity index (χ4v) is 2.53. The molecule has 0 saturated heterocycles. The van der Waals surface area contributed by atoms with Gasteiger partial charge >= 0.3 is 0 Å². The molecule has 2 aromatic rings. The number of hydrogen-bond acceptors (Lipinski definition) is 1. The molecule has 1 aliphatic carbocycles. The molecule has 0 unspecified atom stereocenters. The van der Waals surface area contributed by atoms with Crippen molar-refractivity contribution in [2.45, 2.75) is 12.8 Å². The maximum atomic E-state index is 10.3. The Hall–Kier alpha value is -2.15. The van der Waals surface area contributed by atoms with Crippen molar-refractivity contribution in [3.8, 4) is 11.1 Å². The normalized spacial score (nSPS) is 12.4. The van der Waals surface area contributed by atoms with Crippen molar-refractivity contribution < 1.29 is 4.79 Å². The van der Waals surface area contributed by atoms with E-state index in [-0.39, 0.29) is 0 Å². The summed E-state index contributed by atoms with van der Waals surface area (Å²) in [5.41, 5.74) is 6.66. The van der Waals surface area contributed by atoms with Crippen LogP contribution >= 0.6 is 0 Å². The van der Waals surface area contributed by atoms with Crippen LogP contribution in [0, 0.1) is 0 Å². The van der Waals surface area contributed by atoms with Crippen molar-refractivity contribution >= 4 is 12.4 Å². The number of carbonyl (C=O) groups excluding carboxylic acids is 1. The molecule has 0 bridgehead atoms. The van der Waals surface area contributed by atoms with E-state index < -0.39 is 0 Å². The summed E-state index contributed by atoms with van der Waals surface area (Å²) in [6.07, 6.45) is 6.33. The summed E-state index contributed by atoms with van der Waals surface area (Å²) in [5.74, 6) is 0. The van der Waals surface area contributed by atoms with Crippen LogP contribution in [0.2, 0.25) is 0 Å². The molecule has 0 atom stereocenters. The molecule has 0 amide bonds. The van der Waals surface area contributed by atoms with Crippen molar-refractivity contribution in [1.82, 2.24) is 0 Å². The Kier molecular flexibility index (Phi) is 2.81. The molecule has 3 rings (SSSR count). The molecule has 0 aromatic heterocycles. The van der Waals surface area contributed by atoms with Crippen molar-refractivity contribution in [2.75, 3.05) is 0 Å².